The van der Waals surface area contributed by atoms with Crippen LogP contribution in [0, 0.1) is 0 Å². The van der Waals surface area contributed by atoms with Gasteiger partial charge in [0.25, 0.3) is 0 Å². The summed E-state index contributed by atoms with van der Waals surface area (Å²) in [4.78, 5) is 13.6. The molecule has 1 aromatic carbocycles. The smallest absolute Gasteiger partial charge is 0.236 e. The summed E-state index contributed by atoms with van der Waals surface area (Å²) in [5, 5.41) is 12.6. The topological polar surface area (TPSA) is 52.6 Å². The normalized spacial score (nSPS) is 15.2. The highest BCUT2D eigenvalue weighted by Gasteiger charge is 2.16. The molecular weight excluding hydrogens is 216 g/mol. The van der Waals surface area contributed by atoms with Crippen LogP contribution in [0.2, 0.25) is 0 Å². The van der Waals surface area contributed by atoms with E-state index < -0.39 is 0 Å². The van der Waals surface area contributed by atoms with Crippen LogP contribution in [0.25, 0.3) is 0 Å². The molecule has 0 aliphatic carbocycles. The molecule has 1 aliphatic heterocycles. The lowest BCUT2D eigenvalue weighted by Gasteiger charge is -2.15. The summed E-state index contributed by atoms with van der Waals surface area (Å²) in [6, 6.07) is 7.16. The Kier molecular flexibility index (Phi) is 3.98. The minimum Gasteiger partial charge on any atom is -0.508 e. The predicted molar refractivity (Wildman–Crippen MR) is 65.6 cm³/mol. The van der Waals surface area contributed by atoms with Crippen LogP contribution in [0.3, 0.4) is 0 Å². The number of phenolic OH excluding ortho intramolecular Hbond substituents is 1. The van der Waals surface area contributed by atoms with Crippen molar-refractivity contribution in [2.24, 2.45) is 0 Å². The number of phenols is 1. The van der Waals surface area contributed by atoms with Gasteiger partial charge in [-0.25, -0.2) is 0 Å². The van der Waals surface area contributed by atoms with Crippen LogP contribution in [0.1, 0.15) is 18.4 Å². The molecule has 1 aromatic rings. The van der Waals surface area contributed by atoms with Crippen LogP contribution in [0.15, 0.2) is 24.3 Å². The average molecular weight is 234 g/mol. The average Bonchev–Trinajstić information content (AvgIpc) is 2.85. The Morgan fingerprint density at radius 2 is 2.00 bits per heavy atom. The highest BCUT2D eigenvalue weighted by Crippen LogP contribution is 2.14. The maximum absolute atomic E-state index is 11.7. The standard InChI is InChI=1S/C13H18N2O2/c16-12-6-2-1-5-11(12)9-14-10-13(17)15-7-3-4-8-15/h1-2,5-6,14,16H,3-4,7-10H2. The van der Waals surface area contributed by atoms with E-state index in [-0.39, 0.29) is 11.7 Å². The van der Waals surface area contributed by atoms with Crippen molar-refractivity contribution in [2.45, 2.75) is 19.4 Å². The van der Waals surface area contributed by atoms with E-state index in [2.05, 4.69) is 5.32 Å². The second kappa shape index (κ2) is 5.68. The Labute approximate surface area is 101 Å². The highest BCUT2D eigenvalue weighted by molar-refractivity contribution is 5.78. The highest BCUT2D eigenvalue weighted by atomic mass is 16.3. The molecule has 1 saturated heterocycles. The first-order chi connectivity index (χ1) is 8.27. The number of benzene rings is 1. The van der Waals surface area contributed by atoms with Crippen molar-refractivity contribution in [3.63, 3.8) is 0 Å². The molecule has 0 spiro atoms. The largest absolute Gasteiger partial charge is 0.508 e. The summed E-state index contributed by atoms with van der Waals surface area (Å²) in [6.45, 7) is 2.63. The van der Waals surface area contributed by atoms with Crippen molar-refractivity contribution in [3.8, 4) is 5.75 Å². The first-order valence-corrected chi connectivity index (χ1v) is 6.03. The zero-order chi connectivity index (χ0) is 12.1. The number of carbonyl (C=O) groups excluding carboxylic acids is 1. The fourth-order valence-corrected chi connectivity index (χ4v) is 2.04. The number of rotatable bonds is 4. The summed E-state index contributed by atoms with van der Waals surface area (Å²) < 4.78 is 0. The van der Waals surface area contributed by atoms with E-state index in [1.807, 2.05) is 17.0 Å². The van der Waals surface area contributed by atoms with Crippen LogP contribution in [0.4, 0.5) is 0 Å². The number of hydrogen-bond donors (Lipinski definition) is 2. The van der Waals surface area contributed by atoms with E-state index in [0.717, 1.165) is 31.5 Å². The first-order valence-electron chi connectivity index (χ1n) is 6.03. The van der Waals surface area contributed by atoms with Gasteiger partial charge in [0.1, 0.15) is 5.75 Å². The van der Waals surface area contributed by atoms with Crippen LogP contribution >= 0.6 is 0 Å². The van der Waals surface area contributed by atoms with Gasteiger partial charge in [0.15, 0.2) is 0 Å². The number of amides is 1. The van der Waals surface area contributed by atoms with Crippen molar-refractivity contribution >= 4 is 5.91 Å². The number of likely N-dealkylation sites (tertiary alicyclic amines) is 1. The number of para-hydroxylation sites is 1. The summed E-state index contributed by atoms with van der Waals surface area (Å²) in [5.74, 6) is 0.423. The maximum atomic E-state index is 11.7. The van der Waals surface area contributed by atoms with Gasteiger partial charge in [0, 0.05) is 25.2 Å². The number of aromatic hydroxyl groups is 1. The van der Waals surface area contributed by atoms with Gasteiger partial charge in [-0.3, -0.25) is 4.79 Å². The minimum atomic E-state index is 0.151. The quantitative estimate of drug-likeness (QED) is 0.820. The monoisotopic (exact) mass is 234 g/mol. The number of carbonyl (C=O) groups is 1. The van der Waals surface area contributed by atoms with Crippen LogP contribution in [0.5, 0.6) is 5.75 Å². The van der Waals surface area contributed by atoms with E-state index in [4.69, 9.17) is 0 Å². The third kappa shape index (κ3) is 3.20. The van der Waals surface area contributed by atoms with E-state index in [0.29, 0.717) is 13.1 Å². The van der Waals surface area contributed by atoms with Gasteiger partial charge in [0.2, 0.25) is 5.91 Å². The molecule has 2 rings (SSSR count). The van der Waals surface area contributed by atoms with Crippen molar-refractivity contribution in [1.82, 2.24) is 10.2 Å². The molecule has 17 heavy (non-hydrogen) atoms. The molecule has 1 amide bonds. The lowest BCUT2D eigenvalue weighted by molar-refractivity contribution is -0.129. The molecule has 0 saturated carbocycles. The molecule has 0 atom stereocenters. The molecule has 92 valence electrons. The van der Waals surface area contributed by atoms with Crippen molar-refractivity contribution in [2.75, 3.05) is 19.6 Å². The third-order valence-corrected chi connectivity index (χ3v) is 3.04. The molecule has 1 fully saturated rings. The van der Waals surface area contributed by atoms with Gasteiger partial charge in [0.05, 0.1) is 6.54 Å². The van der Waals surface area contributed by atoms with E-state index >= 15 is 0 Å². The van der Waals surface area contributed by atoms with Gasteiger partial charge >= 0.3 is 0 Å². The maximum Gasteiger partial charge on any atom is 0.236 e. The minimum absolute atomic E-state index is 0.151. The third-order valence-electron chi connectivity index (χ3n) is 3.04. The first kappa shape index (κ1) is 11.9. The molecule has 0 bridgehead atoms. The number of nitrogens with zero attached hydrogens (tertiary/aromatic N) is 1. The molecule has 0 aromatic heterocycles. The zero-order valence-electron chi connectivity index (χ0n) is 9.85. The van der Waals surface area contributed by atoms with Crippen molar-refractivity contribution in [3.05, 3.63) is 29.8 Å². The predicted octanol–water partition coefficient (Wildman–Crippen LogP) is 1.10. The summed E-state index contributed by atoms with van der Waals surface area (Å²) in [5.41, 5.74) is 0.821. The SMILES string of the molecule is O=C(CNCc1ccccc1O)N1CCCC1. The zero-order valence-corrected chi connectivity index (χ0v) is 9.85. The van der Waals surface area contributed by atoms with Crippen molar-refractivity contribution < 1.29 is 9.90 Å². The van der Waals surface area contributed by atoms with E-state index in [1.54, 1.807) is 12.1 Å². The molecule has 1 aliphatic rings. The Bertz CT molecular complexity index is 387. The van der Waals surface area contributed by atoms with Crippen LogP contribution in [-0.4, -0.2) is 35.5 Å². The van der Waals surface area contributed by atoms with E-state index in [9.17, 15) is 9.90 Å². The Morgan fingerprint density at radius 3 is 2.71 bits per heavy atom. The van der Waals surface area contributed by atoms with E-state index in [1.165, 1.54) is 0 Å². The molecule has 2 N–H and O–H groups in total. The summed E-state index contributed by atoms with van der Waals surface area (Å²) in [6.07, 6.45) is 2.23. The number of nitrogens with one attached hydrogen (secondary N) is 1. The lowest BCUT2D eigenvalue weighted by Crippen LogP contribution is -2.35. The fourth-order valence-electron chi connectivity index (χ4n) is 2.04. The van der Waals surface area contributed by atoms with Crippen LogP contribution < -0.4 is 5.32 Å². The van der Waals surface area contributed by atoms with Gasteiger partial charge in [-0.15, -0.1) is 0 Å². The molecule has 4 heteroatoms. The summed E-state index contributed by atoms with van der Waals surface area (Å²) >= 11 is 0. The Hall–Kier alpha value is -1.55. The van der Waals surface area contributed by atoms with Gasteiger partial charge < -0.3 is 15.3 Å². The number of hydrogen-bond acceptors (Lipinski definition) is 3. The molecule has 4 nitrogen and oxygen atoms in total. The van der Waals surface area contributed by atoms with Crippen LogP contribution in [-0.2, 0) is 11.3 Å². The van der Waals surface area contributed by atoms with Gasteiger partial charge in [-0.2, -0.15) is 0 Å². The lowest BCUT2D eigenvalue weighted by atomic mass is 10.2. The molecule has 0 radical (unpaired) electrons. The van der Waals surface area contributed by atoms with Gasteiger partial charge in [-0.1, -0.05) is 18.2 Å². The Morgan fingerprint density at radius 1 is 1.29 bits per heavy atom. The van der Waals surface area contributed by atoms with Gasteiger partial charge in [-0.05, 0) is 18.9 Å². The van der Waals surface area contributed by atoms with Crippen molar-refractivity contribution in [1.29, 1.82) is 0 Å². The fraction of sp³-hybridized carbons (Fsp3) is 0.462. The Balaban J connectivity index is 1.76. The molecule has 1 heterocycles. The molecular formula is C13H18N2O2. The molecule has 0 unspecified atom stereocenters. The second-order valence-electron chi connectivity index (χ2n) is 4.32. The summed E-state index contributed by atoms with van der Waals surface area (Å²) in [7, 11) is 0. The second-order valence-corrected chi connectivity index (χ2v) is 4.32.